The van der Waals surface area contributed by atoms with Crippen molar-refractivity contribution in [2.75, 3.05) is 18.2 Å². The Morgan fingerprint density at radius 1 is 1.44 bits per heavy atom. The van der Waals surface area contributed by atoms with Crippen molar-refractivity contribution in [3.8, 4) is 5.75 Å². The summed E-state index contributed by atoms with van der Waals surface area (Å²) in [6.45, 7) is 3.44. The smallest absolute Gasteiger partial charge is 0.330 e. The Balaban J connectivity index is 1.64. The summed E-state index contributed by atoms with van der Waals surface area (Å²) in [6.07, 6.45) is 0.110. The fourth-order valence-corrected chi connectivity index (χ4v) is 4.90. The minimum atomic E-state index is -1.03. The molecule has 3 atom stereocenters. The van der Waals surface area contributed by atoms with Gasteiger partial charge in [-0.3, -0.25) is 9.59 Å². The maximum absolute atomic E-state index is 12.6. The number of ether oxygens (including phenoxy) is 2. The lowest BCUT2D eigenvalue weighted by Crippen LogP contribution is -2.48. The van der Waals surface area contributed by atoms with Gasteiger partial charge in [0.05, 0.1) is 17.7 Å². The topological polar surface area (TPSA) is 84.9 Å². The molecule has 2 amide bonds. The summed E-state index contributed by atoms with van der Waals surface area (Å²) in [5.41, 5.74) is 0.386. The lowest BCUT2D eigenvalue weighted by molar-refractivity contribution is -0.160. The molecule has 0 bridgehead atoms. The van der Waals surface area contributed by atoms with E-state index >= 15 is 0 Å². The molecule has 1 N–H and O–H groups in total. The minimum Gasteiger partial charge on any atom is -0.495 e. The SMILES string of the molecule is COc1ccc(Cl)cc1NC(=O)[C@H](C)OC(=O)[C@@H]1CS[C@@]2(C)CCC(=O)N12. The molecule has 0 saturated carbocycles. The summed E-state index contributed by atoms with van der Waals surface area (Å²) in [5.74, 6) is -0.216. The average molecular weight is 413 g/mol. The molecule has 146 valence electrons. The van der Waals surface area contributed by atoms with Crippen LogP contribution in [-0.2, 0) is 19.1 Å². The first-order valence-electron chi connectivity index (χ1n) is 8.56. The molecule has 2 saturated heterocycles. The Bertz CT molecular complexity index is 789. The fraction of sp³-hybridized carbons (Fsp3) is 0.500. The van der Waals surface area contributed by atoms with Crippen LogP contribution in [0.3, 0.4) is 0 Å². The number of nitrogens with one attached hydrogen (secondary N) is 1. The van der Waals surface area contributed by atoms with Gasteiger partial charge in [-0.2, -0.15) is 0 Å². The molecule has 2 aliphatic rings. The third kappa shape index (κ3) is 3.87. The zero-order valence-electron chi connectivity index (χ0n) is 15.3. The van der Waals surface area contributed by atoms with E-state index in [0.29, 0.717) is 35.1 Å². The van der Waals surface area contributed by atoms with Crippen LogP contribution in [0.4, 0.5) is 5.69 Å². The second-order valence-corrected chi connectivity index (χ2v) is 8.62. The third-order valence-corrected chi connectivity index (χ3v) is 6.54. The van der Waals surface area contributed by atoms with Crippen LogP contribution in [0.25, 0.3) is 0 Å². The monoisotopic (exact) mass is 412 g/mol. The van der Waals surface area contributed by atoms with Gasteiger partial charge >= 0.3 is 5.97 Å². The maximum atomic E-state index is 12.6. The van der Waals surface area contributed by atoms with E-state index < -0.39 is 24.0 Å². The predicted octanol–water partition coefficient (Wildman–Crippen LogP) is 2.67. The van der Waals surface area contributed by atoms with Crippen molar-refractivity contribution in [3.63, 3.8) is 0 Å². The standard InChI is InChI=1S/C18H21ClN2O5S/c1-10(16(23)20-12-8-11(19)4-5-14(12)25-3)26-17(24)13-9-27-18(2)7-6-15(22)21(13)18/h4-5,8,10,13H,6-7,9H2,1-3H3,(H,20,23)/t10-,13-,18-/m0/s1. The first-order valence-corrected chi connectivity index (χ1v) is 9.92. The predicted molar refractivity (Wildman–Crippen MR) is 103 cm³/mol. The van der Waals surface area contributed by atoms with Crippen LogP contribution in [0, 0.1) is 0 Å². The van der Waals surface area contributed by atoms with Crippen molar-refractivity contribution in [1.82, 2.24) is 4.90 Å². The van der Waals surface area contributed by atoms with Crippen LogP contribution in [0.5, 0.6) is 5.75 Å². The molecule has 0 aromatic heterocycles. The highest BCUT2D eigenvalue weighted by molar-refractivity contribution is 8.01. The summed E-state index contributed by atoms with van der Waals surface area (Å²) < 4.78 is 10.5. The first kappa shape index (κ1) is 19.8. The van der Waals surface area contributed by atoms with Crippen molar-refractivity contribution >= 4 is 46.8 Å². The molecule has 2 heterocycles. The number of halogens is 1. The van der Waals surface area contributed by atoms with Gasteiger partial charge in [-0.1, -0.05) is 11.6 Å². The highest BCUT2D eigenvalue weighted by atomic mass is 35.5. The number of carbonyl (C=O) groups is 3. The van der Waals surface area contributed by atoms with E-state index in [9.17, 15) is 14.4 Å². The van der Waals surface area contributed by atoms with Crippen LogP contribution in [0.2, 0.25) is 5.02 Å². The Kier molecular flexibility index (Phi) is 5.58. The zero-order valence-corrected chi connectivity index (χ0v) is 16.9. The molecular weight excluding hydrogens is 392 g/mol. The molecule has 27 heavy (non-hydrogen) atoms. The Morgan fingerprint density at radius 3 is 2.89 bits per heavy atom. The Hall–Kier alpha value is -1.93. The lowest BCUT2D eigenvalue weighted by atomic mass is 10.2. The molecule has 0 unspecified atom stereocenters. The summed E-state index contributed by atoms with van der Waals surface area (Å²) in [4.78, 5) is 38.4. The second kappa shape index (κ2) is 7.59. The summed E-state index contributed by atoms with van der Waals surface area (Å²) >= 11 is 7.53. The summed E-state index contributed by atoms with van der Waals surface area (Å²) in [5, 5.41) is 3.08. The molecule has 0 radical (unpaired) electrons. The van der Waals surface area contributed by atoms with E-state index in [1.807, 2.05) is 6.92 Å². The van der Waals surface area contributed by atoms with Crippen LogP contribution in [-0.4, -0.2) is 52.6 Å². The van der Waals surface area contributed by atoms with Crippen LogP contribution in [0.15, 0.2) is 18.2 Å². The molecule has 3 rings (SSSR count). The Morgan fingerprint density at radius 2 is 2.19 bits per heavy atom. The van der Waals surface area contributed by atoms with Gasteiger partial charge in [0.15, 0.2) is 6.10 Å². The van der Waals surface area contributed by atoms with Crippen molar-refractivity contribution in [3.05, 3.63) is 23.2 Å². The van der Waals surface area contributed by atoms with Gasteiger partial charge in [0, 0.05) is 17.2 Å². The molecule has 9 heteroatoms. The van der Waals surface area contributed by atoms with E-state index in [4.69, 9.17) is 21.1 Å². The number of hydrogen-bond acceptors (Lipinski definition) is 6. The highest BCUT2D eigenvalue weighted by Gasteiger charge is 2.53. The van der Waals surface area contributed by atoms with Gasteiger partial charge in [-0.25, -0.2) is 4.79 Å². The largest absolute Gasteiger partial charge is 0.495 e. The van der Waals surface area contributed by atoms with E-state index in [1.165, 1.54) is 14.0 Å². The number of esters is 1. The molecule has 1 aromatic carbocycles. The number of thioether (sulfide) groups is 1. The highest BCUT2D eigenvalue weighted by Crippen LogP contribution is 2.47. The van der Waals surface area contributed by atoms with E-state index in [1.54, 1.807) is 34.9 Å². The summed E-state index contributed by atoms with van der Waals surface area (Å²) in [6, 6.07) is 4.16. The molecule has 0 spiro atoms. The quantitative estimate of drug-likeness (QED) is 0.748. The zero-order chi connectivity index (χ0) is 19.8. The van der Waals surface area contributed by atoms with Crippen LogP contribution < -0.4 is 10.1 Å². The number of fused-ring (bicyclic) bond motifs is 1. The molecule has 2 aliphatic heterocycles. The molecular formula is C18H21ClN2O5S. The van der Waals surface area contributed by atoms with Crippen molar-refractivity contribution in [2.24, 2.45) is 0 Å². The molecule has 0 aliphatic carbocycles. The third-order valence-electron chi connectivity index (χ3n) is 4.80. The molecule has 1 aromatic rings. The number of hydrogen-bond donors (Lipinski definition) is 1. The number of rotatable bonds is 5. The Labute approximate surface area is 166 Å². The molecule has 2 fully saturated rings. The second-order valence-electron chi connectivity index (χ2n) is 6.68. The van der Waals surface area contributed by atoms with Gasteiger partial charge in [-0.15, -0.1) is 11.8 Å². The minimum absolute atomic E-state index is 0.0507. The van der Waals surface area contributed by atoms with E-state index in [2.05, 4.69) is 5.32 Å². The fourth-order valence-electron chi connectivity index (χ4n) is 3.31. The van der Waals surface area contributed by atoms with E-state index in [0.717, 1.165) is 0 Å². The first-order chi connectivity index (χ1) is 12.7. The van der Waals surface area contributed by atoms with Gasteiger partial charge in [0.25, 0.3) is 5.91 Å². The number of methoxy groups -OCH3 is 1. The van der Waals surface area contributed by atoms with Crippen molar-refractivity contribution in [1.29, 1.82) is 0 Å². The van der Waals surface area contributed by atoms with Crippen molar-refractivity contribution < 1.29 is 23.9 Å². The van der Waals surface area contributed by atoms with E-state index in [-0.39, 0.29) is 10.8 Å². The average Bonchev–Trinajstić information content (AvgIpc) is 3.11. The number of amides is 2. The number of benzene rings is 1. The normalized spacial score (nSPS) is 25.1. The lowest BCUT2D eigenvalue weighted by Gasteiger charge is -2.29. The van der Waals surface area contributed by atoms with Gasteiger partial charge in [-0.05, 0) is 38.5 Å². The number of nitrogens with zero attached hydrogens (tertiary/aromatic N) is 1. The van der Waals surface area contributed by atoms with Crippen molar-refractivity contribution in [2.45, 2.75) is 43.7 Å². The maximum Gasteiger partial charge on any atom is 0.330 e. The van der Waals surface area contributed by atoms with Gasteiger partial charge in [0.2, 0.25) is 5.91 Å². The number of anilines is 1. The summed E-state index contributed by atoms with van der Waals surface area (Å²) in [7, 11) is 1.48. The number of carbonyl (C=O) groups excluding carboxylic acids is 3. The van der Waals surface area contributed by atoms with Gasteiger partial charge < -0.3 is 19.7 Å². The van der Waals surface area contributed by atoms with Crippen LogP contribution >= 0.6 is 23.4 Å². The molecule has 7 nitrogen and oxygen atoms in total. The van der Waals surface area contributed by atoms with Gasteiger partial charge in [0.1, 0.15) is 11.8 Å². The van der Waals surface area contributed by atoms with Crippen LogP contribution in [0.1, 0.15) is 26.7 Å².